The lowest BCUT2D eigenvalue weighted by Gasteiger charge is -2.15. The fraction of sp³-hybridized carbons (Fsp3) is 0. The third kappa shape index (κ3) is 2.68. The molecule has 4 aromatic carbocycles. The molecular weight excluding hydrogens is 366 g/mol. The van der Waals surface area contributed by atoms with E-state index < -0.39 is 9.84 Å². The Hall–Kier alpha value is -1.79. The predicted octanol–water partition coefficient (Wildman–Crippen LogP) is 3.83. The van der Waals surface area contributed by atoms with Crippen LogP contribution in [0.15, 0.2) is 82.6 Å². The van der Waals surface area contributed by atoms with Gasteiger partial charge in [0, 0.05) is 10.8 Å². The van der Waals surface area contributed by atoms with E-state index in [0.29, 0.717) is 20.4 Å². The quantitative estimate of drug-likeness (QED) is 0.494. The molecule has 0 heterocycles. The first-order chi connectivity index (χ1) is 12.0. The SMILES string of the molecule is O=S(=O)(c1c(P)ccc2ccccc12)c1c(P)ccc2ccccc12. The zero-order chi connectivity index (χ0) is 17.6. The van der Waals surface area contributed by atoms with E-state index >= 15 is 0 Å². The van der Waals surface area contributed by atoms with Crippen LogP contribution in [0.3, 0.4) is 0 Å². The van der Waals surface area contributed by atoms with Gasteiger partial charge in [-0.15, -0.1) is 18.5 Å². The largest absolute Gasteiger partial charge is 0.218 e. The van der Waals surface area contributed by atoms with E-state index in [2.05, 4.69) is 18.5 Å². The van der Waals surface area contributed by atoms with Gasteiger partial charge in [-0.25, -0.2) is 8.42 Å². The van der Waals surface area contributed by atoms with Gasteiger partial charge in [0.1, 0.15) is 0 Å². The highest BCUT2D eigenvalue weighted by molar-refractivity contribution is 7.92. The second-order valence-electron chi connectivity index (χ2n) is 5.91. The summed E-state index contributed by atoms with van der Waals surface area (Å²) in [5.41, 5.74) is 0. The van der Waals surface area contributed by atoms with E-state index in [1.165, 1.54) is 0 Å². The Morgan fingerprint density at radius 1 is 0.560 bits per heavy atom. The summed E-state index contributed by atoms with van der Waals surface area (Å²) in [6.07, 6.45) is 0. The zero-order valence-corrected chi connectivity index (χ0v) is 16.4. The van der Waals surface area contributed by atoms with Crippen molar-refractivity contribution >= 4 is 60.5 Å². The van der Waals surface area contributed by atoms with Crippen molar-refractivity contribution in [1.82, 2.24) is 0 Å². The number of benzene rings is 4. The molecule has 25 heavy (non-hydrogen) atoms. The van der Waals surface area contributed by atoms with E-state index in [4.69, 9.17) is 0 Å². The second kappa shape index (κ2) is 6.18. The lowest BCUT2D eigenvalue weighted by molar-refractivity contribution is 0.599. The molecule has 0 aliphatic heterocycles. The smallest absolute Gasteiger partial charge is 0.209 e. The average molecular weight is 382 g/mol. The molecule has 0 saturated carbocycles. The molecule has 124 valence electrons. The summed E-state index contributed by atoms with van der Waals surface area (Å²) in [7, 11) is 1.43. The van der Waals surface area contributed by atoms with Crippen molar-refractivity contribution in [3.8, 4) is 0 Å². The Kier molecular flexibility index (Phi) is 4.12. The van der Waals surface area contributed by atoms with Gasteiger partial charge in [0.25, 0.3) is 0 Å². The molecule has 0 bridgehead atoms. The van der Waals surface area contributed by atoms with Crippen LogP contribution in [0.1, 0.15) is 0 Å². The number of sulfone groups is 1. The normalized spacial score (nSPS) is 11.9. The molecular formula is C20H16O2P2S. The lowest BCUT2D eigenvalue weighted by atomic mass is 10.1. The minimum absolute atomic E-state index is 0.357. The Balaban J connectivity index is 2.15. The Bertz CT molecular complexity index is 1140. The molecule has 0 N–H and O–H groups in total. The standard InChI is InChI=1S/C20H16O2P2S/c21-25(22,19-15-7-3-1-5-13(15)9-11-17(19)23)20-16-8-4-2-6-14(16)10-12-18(20)24/h1-12H,23-24H2. The fourth-order valence-electron chi connectivity index (χ4n) is 3.22. The summed E-state index contributed by atoms with van der Waals surface area (Å²) >= 11 is 0. The number of fused-ring (bicyclic) bond motifs is 2. The summed E-state index contributed by atoms with van der Waals surface area (Å²) in [5.74, 6) is 0. The van der Waals surface area contributed by atoms with E-state index in [-0.39, 0.29) is 0 Å². The van der Waals surface area contributed by atoms with Crippen molar-refractivity contribution in [1.29, 1.82) is 0 Å². The van der Waals surface area contributed by atoms with Crippen molar-refractivity contribution in [3.63, 3.8) is 0 Å². The second-order valence-corrected chi connectivity index (χ2v) is 8.98. The molecule has 0 radical (unpaired) electrons. The van der Waals surface area contributed by atoms with Crippen LogP contribution in [0.2, 0.25) is 0 Å². The highest BCUT2D eigenvalue weighted by Gasteiger charge is 2.26. The van der Waals surface area contributed by atoms with Crippen molar-refractivity contribution in [2.45, 2.75) is 9.79 Å². The Labute approximate surface area is 151 Å². The minimum Gasteiger partial charge on any atom is -0.218 e. The molecule has 4 aromatic rings. The van der Waals surface area contributed by atoms with Gasteiger partial charge < -0.3 is 0 Å². The maximum Gasteiger partial charge on any atom is 0.209 e. The number of hydrogen-bond acceptors (Lipinski definition) is 2. The van der Waals surface area contributed by atoms with Gasteiger partial charge in [-0.05, 0) is 21.4 Å². The van der Waals surface area contributed by atoms with Crippen LogP contribution in [0.4, 0.5) is 0 Å². The summed E-state index contributed by atoms with van der Waals surface area (Å²) in [4.78, 5) is 0.714. The number of hydrogen-bond donors (Lipinski definition) is 0. The van der Waals surface area contributed by atoms with E-state index in [0.717, 1.165) is 21.5 Å². The lowest BCUT2D eigenvalue weighted by Crippen LogP contribution is -2.17. The maximum absolute atomic E-state index is 13.7. The first kappa shape index (κ1) is 16.7. The van der Waals surface area contributed by atoms with Crippen molar-refractivity contribution < 1.29 is 8.42 Å². The highest BCUT2D eigenvalue weighted by Crippen LogP contribution is 2.32. The van der Waals surface area contributed by atoms with E-state index in [1.54, 1.807) is 0 Å². The van der Waals surface area contributed by atoms with Gasteiger partial charge in [0.05, 0.1) is 9.79 Å². The average Bonchev–Trinajstić information content (AvgIpc) is 2.61. The van der Waals surface area contributed by atoms with Crippen LogP contribution >= 0.6 is 18.5 Å². The van der Waals surface area contributed by atoms with Crippen molar-refractivity contribution in [3.05, 3.63) is 72.8 Å². The van der Waals surface area contributed by atoms with Crippen LogP contribution in [0.25, 0.3) is 21.5 Å². The third-order valence-electron chi connectivity index (χ3n) is 4.36. The molecule has 4 rings (SSSR count). The van der Waals surface area contributed by atoms with Gasteiger partial charge in [0.15, 0.2) is 0 Å². The molecule has 0 fully saturated rings. The molecule has 0 aliphatic rings. The minimum atomic E-state index is -3.70. The van der Waals surface area contributed by atoms with Crippen LogP contribution < -0.4 is 10.6 Å². The maximum atomic E-state index is 13.7. The monoisotopic (exact) mass is 382 g/mol. The van der Waals surface area contributed by atoms with Crippen LogP contribution in [0.5, 0.6) is 0 Å². The summed E-state index contributed by atoms with van der Waals surface area (Å²) in [5, 5.41) is 4.67. The molecule has 0 spiro atoms. The van der Waals surface area contributed by atoms with Gasteiger partial charge in [-0.1, -0.05) is 72.8 Å². The topological polar surface area (TPSA) is 34.1 Å². The molecule has 5 heteroatoms. The molecule has 2 nitrogen and oxygen atoms in total. The summed E-state index contributed by atoms with van der Waals surface area (Å²) < 4.78 is 27.4. The Morgan fingerprint density at radius 3 is 1.40 bits per heavy atom. The van der Waals surface area contributed by atoms with Gasteiger partial charge in [-0.2, -0.15) is 0 Å². The van der Waals surface area contributed by atoms with Gasteiger partial charge in [-0.3, -0.25) is 0 Å². The van der Waals surface area contributed by atoms with Crippen molar-refractivity contribution in [2.24, 2.45) is 0 Å². The molecule has 2 atom stereocenters. The summed E-state index contributed by atoms with van der Waals surface area (Å²) in [6.45, 7) is 0. The first-order valence-electron chi connectivity index (χ1n) is 7.79. The molecule has 0 amide bonds. The molecule has 0 aliphatic carbocycles. The first-order valence-corrected chi connectivity index (χ1v) is 10.4. The predicted molar refractivity (Wildman–Crippen MR) is 112 cm³/mol. The Morgan fingerprint density at radius 2 is 0.960 bits per heavy atom. The van der Waals surface area contributed by atoms with Gasteiger partial charge >= 0.3 is 0 Å². The zero-order valence-electron chi connectivity index (χ0n) is 13.3. The van der Waals surface area contributed by atoms with E-state index in [9.17, 15) is 8.42 Å². The molecule has 0 saturated heterocycles. The van der Waals surface area contributed by atoms with E-state index in [1.807, 2.05) is 72.8 Å². The van der Waals surface area contributed by atoms with Crippen LogP contribution in [0, 0.1) is 0 Å². The van der Waals surface area contributed by atoms with Crippen molar-refractivity contribution in [2.75, 3.05) is 0 Å². The molecule has 0 aromatic heterocycles. The number of rotatable bonds is 2. The fourth-order valence-corrected chi connectivity index (χ4v) is 6.57. The summed E-state index contributed by atoms with van der Waals surface area (Å²) in [6, 6.07) is 22.7. The highest BCUT2D eigenvalue weighted by atomic mass is 32.2. The van der Waals surface area contributed by atoms with Gasteiger partial charge in [0.2, 0.25) is 9.84 Å². The van der Waals surface area contributed by atoms with Crippen LogP contribution in [-0.2, 0) is 9.84 Å². The molecule has 2 unspecified atom stereocenters. The third-order valence-corrected chi connectivity index (χ3v) is 7.72. The van der Waals surface area contributed by atoms with Crippen LogP contribution in [-0.4, -0.2) is 8.42 Å².